The molecule has 0 saturated carbocycles. The molecule has 0 radical (unpaired) electrons. The first kappa shape index (κ1) is 18.1. The first-order chi connectivity index (χ1) is 15.2. The highest BCUT2D eigenvalue weighted by atomic mass is 35.5. The summed E-state index contributed by atoms with van der Waals surface area (Å²) in [6.45, 7) is 0.541. The van der Waals surface area contributed by atoms with Crippen LogP contribution in [-0.2, 0) is 6.54 Å². The van der Waals surface area contributed by atoms with E-state index in [1.165, 1.54) is 0 Å². The second-order valence-corrected chi connectivity index (χ2v) is 8.21. The predicted octanol–water partition coefficient (Wildman–Crippen LogP) is 6.70. The number of hydrogen-bond donors (Lipinski definition) is 2. The lowest BCUT2D eigenvalue weighted by atomic mass is 9.97. The van der Waals surface area contributed by atoms with Crippen molar-refractivity contribution >= 4 is 45.2 Å². The zero-order valence-electron chi connectivity index (χ0n) is 16.4. The smallest absolute Gasteiger partial charge is 0.322 e. The van der Waals surface area contributed by atoms with Crippen LogP contribution < -0.4 is 5.32 Å². The Labute approximate surface area is 183 Å². The number of carbonyl (C=O) groups excluding carboxylic acids is 1. The Morgan fingerprint density at radius 2 is 2.00 bits per heavy atom. The number of nitrogens with zero attached hydrogens (tertiary/aromatic N) is 1. The number of nitrogens with one attached hydrogen (secondary N) is 2. The van der Waals surface area contributed by atoms with Gasteiger partial charge < -0.3 is 19.6 Å². The Balaban J connectivity index is 1.39. The fourth-order valence-electron chi connectivity index (χ4n) is 4.47. The molecular formula is C25H18ClN3O2. The monoisotopic (exact) mass is 427 g/mol. The Kier molecular flexibility index (Phi) is 4.04. The number of aromatic amines is 1. The Bertz CT molecular complexity index is 1450. The third-order valence-electron chi connectivity index (χ3n) is 5.94. The lowest BCUT2D eigenvalue weighted by Crippen LogP contribution is -2.34. The van der Waals surface area contributed by atoms with E-state index < -0.39 is 0 Å². The van der Waals surface area contributed by atoms with Crippen LogP contribution in [0.4, 0.5) is 10.5 Å². The summed E-state index contributed by atoms with van der Waals surface area (Å²) in [6, 6.07) is 21.5. The minimum Gasteiger partial charge on any atom is -0.464 e. The molecule has 0 saturated heterocycles. The van der Waals surface area contributed by atoms with Gasteiger partial charge in [-0.15, -0.1) is 0 Å². The number of benzene rings is 3. The van der Waals surface area contributed by atoms with Crippen LogP contribution in [0.25, 0.3) is 21.9 Å². The maximum absolute atomic E-state index is 13.5. The molecule has 3 heterocycles. The molecule has 5 nitrogen and oxygen atoms in total. The average molecular weight is 428 g/mol. The summed E-state index contributed by atoms with van der Waals surface area (Å²) in [6.07, 6.45) is 3.48. The predicted molar refractivity (Wildman–Crippen MR) is 122 cm³/mol. The number of amides is 2. The van der Waals surface area contributed by atoms with Gasteiger partial charge in [0.15, 0.2) is 0 Å². The maximum atomic E-state index is 13.5. The zero-order chi connectivity index (χ0) is 20.9. The normalized spacial score (nSPS) is 15.5. The van der Waals surface area contributed by atoms with E-state index in [2.05, 4.69) is 28.5 Å². The average Bonchev–Trinajstić information content (AvgIpc) is 3.49. The number of rotatable bonds is 2. The second kappa shape index (κ2) is 6.93. The van der Waals surface area contributed by atoms with Crippen molar-refractivity contribution in [2.45, 2.75) is 12.6 Å². The largest absolute Gasteiger partial charge is 0.464 e. The van der Waals surface area contributed by atoms with Crippen LogP contribution in [-0.4, -0.2) is 15.9 Å². The van der Waals surface area contributed by atoms with E-state index in [-0.39, 0.29) is 12.1 Å². The maximum Gasteiger partial charge on any atom is 0.322 e. The van der Waals surface area contributed by atoms with E-state index >= 15 is 0 Å². The number of furan rings is 1. The van der Waals surface area contributed by atoms with E-state index in [0.717, 1.165) is 38.6 Å². The van der Waals surface area contributed by atoms with Crippen LogP contribution in [0, 0.1) is 0 Å². The Morgan fingerprint density at radius 1 is 1.10 bits per heavy atom. The summed E-state index contributed by atoms with van der Waals surface area (Å²) in [5.41, 5.74) is 5.81. The first-order valence-corrected chi connectivity index (χ1v) is 10.4. The lowest BCUT2D eigenvalue weighted by Gasteiger charge is -2.26. The topological polar surface area (TPSA) is 61.3 Å². The lowest BCUT2D eigenvalue weighted by molar-refractivity contribution is 0.203. The highest BCUT2D eigenvalue weighted by molar-refractivity contribution is 6.31. The molecule has 2 amide bonds. The molecule has 2 N–H and O–H groups in total. The highest BCUT2D eigenvalue weighted by Crippen LogP contribution is 2.40. The molecule has 0 spiro atoms. The van der Waals surface area contributed by atoms with Crippen LogP contribution in [0.1, 0.15) is 22.7 Å². The van der Waals surface area contributed by atoms with Crippen molar-refractivity contribution in [3.05, 3.63) is 101 Å². The number of hydrogen-bond acceptors (Lipinski definition) is 2. The van der Waals surface area contributed by atoms with Crippen molar-refractivity contribution < 1.29 is 9.21 Å². The molecule has 2 aromatic heterocycles. The molecule has 152 valence electrons. The standard InChI is InChI=1S/C25H18ClN3O2/c26-18-6-7-21-20(12-18)22(13-27-21)28-25(30)29-14-17-3-1-2-4-19(17)24(29)16-5-8-23-15(11-16)9-10-31-23/h1-13,24,27H,14H2,(H,28,30). The van der Waals surface area contributed by atoms with E-state index in [9.17, 15) is 4.79 Å². The van der Waals surface area contributed by atoms with E-state index in [4.69, 9.17) is 16.0 Å². The molecule has 5 aromatic rings. The Morgan fingerprint density at radius 3 is 2.94 bits per heavy atom. The molecule has 6 heteroatoms. The van der Waals surface area contributed by atoms with Crippen LogP contribution in [0.15, 0.2) is 83.6 Å². The molecular weight excluding hydrogens is 410 g/mol. The summed E-state index contributed by atoms with van der Waals surface area (Å²) >= 11 is 6.17. The summed E-state index contributed by atoms with van der Waals surface area (Å²) in [4.78, 5) is 18.5. The Hall–Kier alpha value is -3.70. The van der Waals surface area contributed by atoms with Crippen LogP contribution in [0.2, 0.25) is 5.02 Å². The molecule has 6 rings (SSSR count). The number of aromatic nitrogens is 1. The number of urea groups is 1. The SMILES string of the molecule is O=C(Nc1c[nH]c2ccc(Cl)cc12)N1Cc2ccccc2C1c1ccc2occc2c1. The highest BCUT2D eigenvalue weighted by Gasteiger charge is 2.35. The molecule has 1 aliphatic rings. The minimum atomic E-state index is -0.177. The van der Waals surface area contributed by atoms with Crippen molar-refractivity contribution in [3.63, 3.8) is 0 Å². The van der Waals surface area contributed by atoms with Crippen LogP contribution >= 0.6 is 11.6 Å². The number of fused-ring (bicyclic) bond motifs is 3. The van der Waals surface area contributed by atoms with Gasteiger partial charge >= 0.3 is 6.03 Å². The van der Waals surface area contributed by atoms with Crippen molar-refractivity contribution in [2.24, 2.45) is 0 Å². The van der Waals surface area contributed by atoms with Crippen molar-refractivity contribution in [2.75, 3.05) is 5.32 Å². The van der Waals surface area contributed by atoms with Gasteiger partial charge in [0, 0.05) is 34.1 Å². The van der Waals surface area contributed by atoms with Crippen LogP contribution in [0.3, 0.4) is 0 Å². The van der Waals surface area contributed by atoms with Gasteiger partial charge in [0.05, 0.1) is 18.0 Å². The second-order valence-electron chi connectivity index (χ2n) is 7.77. The van der Waals surface area contributed by atoms with Gasteiger partial charge in [-0.1, -0.05) is 41.9 Å². The first-order valence-electron chi connectivity index (χ1n) is 10.1. The van der Waals surface area contributed by atoms with Crippen LogP contribution in [0.5, 0.6) is 0 Å². The number of anilines is 1. The summed E-state index contributed by atoms with van der Waals surface area (Å²) < 4.78 is 5.49. The molecule has 0 bridgehead atoms. The van der Waals surface area contributed by atoms with Gasteiger partial charge in [-0.25, -0.2) is 4.79 Å². The van der Waals surface area contributed by atoms with Gasteiger partial charge in [-0.05, 0) is 53.1 Å². The number of carbonyl (C=O) groups is 1. The van der Waals surface area contributed by atoms with Gasteiger partial charge in [-0.3, -0.25) is 0 Å². The van der Waals surface area contributed by atoms with E-state index in [0.29, 0.717) is 17.3 Å². The summed E-state index contributed by atoms with van der Waals surface area (Å²) in [5.74, 6) is 0. The fourth-order valence-corrected chi connectivity index (χ4v) is 4.65. The molecule has 1 unspecified atom stereocenters. The van der Waals surface area contributed by atoms with E-state index in [1.54, 1.807) is 12.5 Å². The number of H-pyrrole nitrogens is 1. The fraction of sp³-hybridized carbons (Fsp3) is 0.0800. The molecule has 3 aromatic carbocycles. The van der Waals surface area contributed by atoms with Crippen molar-refractivity contribution in [1.82, 2.24) is 9.88 Å². The molecule has 31 heavy (non-hydrogen) atoms. The van der Waals surface area contributed by atoms with Crippen molar-refractivity contribution in [1.29, 1.82) is 0 Å². The molecule has 1 aliphatic heterocycles. The molecule has 0 aliphatic carbocycles. The molecule has 0 fully saturated rings. The minimum absolute atomic E-state index is 0.158. The third-order valence-corrected chi connectivity index (χ3v) is 6.18. The van der Waals surface area contributed by atoms with Gasteiger partial charge in [0.2, 0.25) is 0 Å². The van der Waals surface area contributed by atoms with Crippen molar-refractivity contribution in [3.8, 4) is 0 Å². The molecule has 1 atom stereocenters. The summed E-state index contributed by atoms with van der Waals surface area (Å²) in [5, 5.41) is 5.61. The zero-order valence-corrected chi connectivity index (χ0v) is 17.2. The van der Waals surface area contributed by atoms with Gasteiger partial charge in [0.25, 0.3) is 0 Å². The van der Waals surface area contributed by atoms with Gasteiger partial charge in [-0.2, -0.15) is 0 Å². The summed E-state index contributed by atoms with van der Waals surface area (Å²) in [7, 11) is 0. The number of halogens is 1. The third kappa shape index (κ3) is 2.97. The van der Waals surface area contributed by atoms with E-state index in [1.807, 2.05) is 53.4 Å². The van der Waals surface area contributed by atoms with Gasteiger partial charge in [0.1, 0.15) is 5.58 Å². The quantitative estimate of drug-likeness (QED) is 0.329.